The Morgan fingerprint density at radius 1 is 0.929 bits per heavy atom. The molecule has 0 aliphatic rings. The van der Waals surface area contributed by atoms with Crippen molar-refractivity contribution in [3.05, 3.63) is 98.8 Å². The van der Waals surface area contributed by atoms with Crippen LogP contribution in [0.2, 0.25) is 0 Å². The van der Waals surface area contributed by atoms with Crippen LogP contribution in [0.3, 0.4) is 0 Å². The molecule has 0 radical (unpaired) electrons. The first-order valence-corrected chi connectivity index (χ1v) is 10.2. The van der Waals surface area contributed by atoms with Gasteiger partial charge in [-0.2, -0.15) is 0 Å². The van der Waals surface area contributed by atoms with Crippen LogP contribution in [0.25, 0.3) is 0 Å². The van der Waals surface area contributed by atoms with Gasteiger partial charge in [0.2, 0.25) is 10.0 Å². The fraction of sp³-hybridized carbons (Fsp3) is 0.200. The molecule has 0 bridgehead atoms. The number of nitrogens with zero attached hydrogens (tertiary/aromatic N) is 2. The van der Waals surface area contributed by atoms with Gasteiger partial charge in [-0.15, -0.1) is 0 Å². The van der Waals surface area contributed by atoms with Gasteiger partial charge in [0.05, 0.1) is 6.04 Å². The summed E-state index contributed by atoms with van der Waals surface area (Å²) in [5.74, 6) is 0. The Bertz CT molecular complexity index is 1180. The molecule has 28 heavy (non-hydrogen) atoms. The number of aryl methyl sites for hydroxylation is 1. The fourth-order valence-electron chi connectivity index (χ4n) is 2.97. The third-order valence-corrected chi connectivity index (χ3v) is 5.94. The molecule has 1 atom stereocenters. The zero-order valence-corrected chi connectivity index (χ0v) is 16.4. The monoisotopic (exact) mass is 399 g/mol. The Morgan fingerprint density at radius 3 is 2.11 bits per heavy atom. The van der Waals surface area contributed by atoms with Gasteiger partial charge in [0.25, 0.3) is 5.56 Å². The molecular weight excluding hydrogens is 378 g/mol. The number of aromatic nitrogens is 2. The van der Waals surface area contributed by atoms with Crippen molar-refractivity contribution >= 4 is 10.0 Å². The van der Waals surface area contributed by atoms with Gasteiger partial charge >= 0.3 is 5.69 Å². The Morgan fingerprint density at radius 2 is 1.50 bits per heavy atom. The number of nitrogens with one attached hydrogen (secondary N) is 1. The van der Waals surface area contributed by atoms with Gasteiger partial charge in [0, 0.05) is 20.3 Å². The molecule has 2 aromatic carbocycles. The zero-order chi connectivity index (χ0) is 20.3. The summed E-state index contributed by atoms with van der Waals surface area (Å²) in [6, 6.07) is 18.1. The maximum Gasteiger partial charge on any atom is 0.330 e. The highest BCUT2D eigenvalue weighted by Crippen LogP contribution is 2.20. The molecule has 0 spiro atoms. The summed E-state index contributed by atoms with van der Waals surface area (Å²) in [6.07, 6.45) is 1.47. The van der Waals surface area contributed by atoms with Gasteiger partial charge in [-0.05, 0) is 17.5 Å². The molecule has 1 N–H and O–H groups in total. The minimum atomic E-state index is -4.16. The number of hydrogen-bond donors (Lipinski definition) is 1. The van der Waals surface area contributed by atoms with Crippen molar-refractivity contribution in [3.63, 3.8) is 0 Å². The van der Waals surface area contributed by atoms with E-state index in [0.29, 0.717) is 6.42 Å². The largest absolute Gasteiger partial charge is 0.330 e. The number of rotatable bonds is 6. The van der Waals surface area contributed by atoms with Crippen LogP contribution in [-0.4, -0.2) is 17.6 Å². The minimum Gasteiger partial charge on any atom is -0.302 e. The van der Waals surface area contributed by atoms with Crippen molar-refractivity contribution in [1.82, 2.24) is 13.9 Å². The highest BCUT2D eigenvalue weighted by atomic mass is 32.2. The predicted octanol–water partition coefficient (Wildman–Crippen LogP) is 1.35. The van der Waals surface area contributed by atoms with E-state index in [0.717, 1.165) is 26.5 Å². The second kappa shape index (κ2) is 7.95. The lowest BCUT2D eigenvalue weighted by Gasteiger charge is -2.20. The van der Waals surface area contributed by atoms with Gasteiger partial charge < -0.3 is 4.57 Å². The average Bonchev–Trinajstić information content (AvgIpc) is 2.70. The van der Waals surface area contributed by atoms with E-state index >= 15 is 0 Å². The standard InChI is InChI=1S/C20H21N3O4S/c1-22-14-18(19(24)23(2)20(22)25)28(26,27)21-17(16-11-7-4-8-12-16)13-15-9-5-3-6-10-15/h3-12,14,17,21H,13H2,1-2H3/t17-/m0/s1. The summed E-state index contributed by atoms with van der Waals surface area (Å²) in [6.45, 7) is 0. The second-order valence-corrected chi connectivity index (χ2v) is 8.21. The summed E-state index contributed by atoms with van der Waals surface area (Å²) < 4.78 is 30.5. The zero-order valence-electron chi connectivity index (χ0n) is 15.6. The minimum absolute atomic E-state index is 0.413. The Labute approximate surface area is 162 Å². The molecule has 7 nitrogen and oxygen atoms in total. The second-order valence-electron chi connectivity index (χ2n) is 6.53. The molecule has 8 heteroatoms. The van der Waals surface area contributed by atoms with Crippen molar-refractivity contribution in [2.24, 2.45) is 14.1 Å². The highest BCUT2D eigenvalue weighted by Gasteiger charge is 2.26. The van der Waals surface area contributed by atoms with Crippen LogP contribution >= 0.6 is 0 Å². The Kier molecular flexibility index (Phi) is 5.62. The van der Waals surface area contributed by atoms with E-state index in [1.807, 2.05) is 60.7 Å². The first-order valence-electron chi connectivity index (χ1n) is 8.67. The number of sulfonamides is 1. The highest BCUT2D eigenvalue weighted by molar-refractivity contribution is 7.89. The molecule has 0 unspecified atom stereocenters. The first kappa shape index (κ1) is 19.8. The number of benzene rings is 2. The van der Waals surface area contributed by atoms with Crippen LogP contribution in [0.4, 0.5) is 0 Å². The third kappa shape index (κ3) is 4.13. The molecule has 3 rings (SSSR count). The van der Waals surface area contributed by atoms with Crippen LogP contribution in [0, 0.1) is 0 Å². The molecule has 0 saturated carbocycles. The van der Waals surface area contributed by atoms with Crippen LogP contribution in [0.5, 0.6) is 0 Å². The Balaban J connectivity index is 2.03. The van der Waals surface area contributed by atoms with Crippen LogP contribution in [0.15, 0.2) is 81.3 Å². The molecule has 0 amide bonds. The van der Waals surface area contributed by atoms with E-state index in [9.17, 15) is 18.0 Å². The van der Waals surface area contributed by atoms with E-state index in [-0.39, 0.29) is 0 Å². The lowest BCUT2D eigenvalue weighted by molar-refractivity contribution is 0.547. The molecular formula is C20H21N3O4S. The van der Waals surface area contributed by atoms with E-state index in [1.165, 1.54) is 14.1 Å². The molecule has 146 valence electrons. The van der Waals surface area contributed by atoms with Gasteiger partial charge in [-0.3, -0.25) is 9.36 Å². The predicted molar refractivity (Wildman–Crippen MR) is 107 cm³/mol. The molecule has 0 fully saturated rings. The summed E-state index contributed by atoms with van der Waals surface area (Å²) in [5.41, 5.74) is 0.277. The average molecular weight is 399 g/mol. The van der Waals surface area contributed by atoms with E-state index < -0.39 is 32.2 Å². The fourth-order valence-corrected chi connectivity index (χ4v) is 4.36. The maximum atomic E-state index is 13.0. The van der Waals surface area contributed by atoms with Crippen molar-refractivity contribution in [3.8, 4) is 0 Å². The van der Waals surface area contributed by atoms with Crippen molar-refractivity contribution in [2.45, 2.75) is 17.4 Å². The van der Waals surface area contributed by atoms with Gasteiger partial charge in [-0.1, -0.05) is 60.7 Å². The smallest absolute Gasteiger partial charge is 0.302 e. The topological polar surface area (TPSA) is 90.2 Å². The van der Waals surface area contributed by atoms with E-state index in [2.05, 4.69) is 4.72 Å². The summed E-state index contributed by atoms with van der Waals surface area (Å²) in [5, 5.41) is 0. The molecule has 3 aromatic rings. The van der Waals surface area contributed by atoms with Gasteiger partial charge in [0.15, 0.2) is 4.90 Å². The summed E-state index contributed by atoms with van der Waals surface area (Å²) >= 11 is 0. The molecule has 1 heterocycles. The van der Waals surface area contributed by atoms with Crippen LogP contribution in [0.1, 0.15) is 17.2 Å². The van der Waals surface area contributed by atoms with Crippen LogP contribution < -0.4 is 16.0 Å². The lowest BCUT2D eigenvalue weighted by atomic mass is 10.00. The van der Waals surface area contributed by atoms with Crippen LogP contribution in [-0.2, 0) is 30.5 Å². The summed E-state index contributed by atoms with van der Waals surface area (Å²) in [4.78, 5) is 23.8. The van der Waals surface area contributed by atoms with E-state index in [1.54, 1.807) is 0 Å². The third-order valence-electron chi connectivity index (χ3n) is 4.49. The maximum absolute atomic E-state index is 13.0. The Hall–Kier alpha value is -2.97. The van der Waals surface area contributed by atoms with Crippen molar-refractivity contribution < 1.29 is 8.42 Å². The van der Waals surface area contributed by atoms with Crippen molar-refractivity contribution in [1.29, 1.82) is 0 Å². The van der Waals surface area contributed by atoms with Gasteiger partial charge in [0.1, 0.15) is 0 Å². The summed E-state index contributed by atoms with van der Waals surface area (Å²) in [7, 11) is -1.51. The molecule has 0 aliphatic carbocycles. The molecule has 1 aromatic heterocycles. The normalized spacial score (nSPS) is 12.6. The lowest BCUT2D eigenvalue weighted by Crippen LogP contribution is -2.42. The molecule has 0 saturated heterocycles. The number of hydrogen-bond acceptors (Lipinski definition) is 4. The van der Waals surface area contributed by atoms with E-state index in [4.69, 9.17) is 0 Å². The quantitative estimate of drug-likeness (QED) is 0.677. The SMILES string of the molecule is Cn1cc(S(=O)(=O)N[C@@H](Cc2ccccc2)c2ccccc2)c(=O)n(C)c1=O. The first-order chi connectivity index (χ1) is 13.3. The van der Waals surface area contributed by atoms with Gasteiger partial charge in [-0.25, -0.2) is 17.9 Å². The molecule has 0 aliphatic heterocycles. The van der Waals surface area contributed by atoms with Crippen molar-refractivity contribution in [2.75, 3.05) is 0 Å².